The number of piperazine rings is 1. The van der Waals surface area contributed by atoms with Crippen LogP contribution in [0.15, 0.2) is 47.4 Å². The number of carbonyl (C=O) groups excluding carboxylic acids is 1. The minimum absolute atomic E-state index is 0.0786. The second-order valence-electron chi connectivity index (χ2n) is 7.06. The molecule has 150 valence electrons. The summed E-state index contributed by atoms with van der Waals surface area (Å²) in [6.07, 6.45) is 0. The predicted molar refractivity (Wildman–Crippen MR) is 106 cm³/mol. The molecule has 0 spiro atoms. The first-order valence-electron chi connectivity index (χ1n) is 9.10. The molecular weight excluding hydrogens is 381 g/mol. The SMILES string of the molecule is Cc1cc(C)cc(NC(=O)CN2CCN(S(=O)(=O)c3ccc(F)cc3)CC2)c1. The minimum Gasteiger partial charge on any atom is -0.325 e. The van der Waals surface area contributed by atoms with Crippen molar-refractivity contribution in [2.45, 2.75) is 18.7 Å². The lowest BCUT2D eigenvalue weighted by Crippen LogP contribution is -2.50. The number of anilines is 1. The molecule has 1 aliphatic rings. The Hall–Kier alpha value is -2.29. The standard InChI is InChI=1S/C20H24FN3O3S/c1-15-11-16(2)13-18(12-15)22-20(25)14-23-7-9-24(10-8-23)28(26,27)19-5-3-17(21)4-6-19/h3-6,11-13H,7-10,14H2,1-2H3,(H,22,25). The third kappa shape index (κ3) is 4.95. The number of halogens is 1. The summed E-state index contributed by atoms with van der Waals surface area (Å²) in [6, 6.07) is 10.7. The molecule has 0 atom stereocenters. The molecule has 2 aromatic rings. The van der Waals surface area contributed by atoms with Crippen LogP contribution >= 0.6 is 0 Å². The van der Waals surface area contributed by atoms with Gasteiger partial charge < -0.3 is 5.32 Å². The maximum absolute atomic E-state index is 13.0. The number of hydrogen-bond donors (Lipinski definition) is 1. The van der Waals surface area contributed by atoms with Crippen LogP contribution in [0.25, 0.3) is 0 Å². The van der Waals surface area contributed by atoms with Gasteiger partial charge in [-0.3, -0.25) is 9.69 Å². The Kier molecular flexibility index (Phi) is 6.12. The fraction of sp³-hybridized carbons (Fsp3) is 0.350. The second-order valence-corrected chi connectivity index (χ2v) is 9.00. The summed E-state index contributed by atoms with van der Waals surface area (Å²) in [6.45, 7) is 5.65. The van der Waals surface area contributed by atoms with Gasteiger partial charge in [-0.05, 0) is 61.4 Å². The summed E-state index contributed by atoms with van der Waals surface area (Å²) in [5.74, 6) is -0.599. The third-order valence-electron chi connectivity index (χ3n) is 4.66. The molecule has 1 fully saturated rings. The average molecular weight is 405 g/mol. The quantitative estimate of drug-likeness (QED) is 0.829. The average Bonchev–Trinajstić information content (AvgIpc) is 2.61. The molecule has 28 heavy (non-hydrogen) atoms. The van der Waals surface area contributed by atoms with Crippen LogP contribution in [0, 0.1) is 19.7 Å². The molecule has 1 heterocycles. The van der Waals surface area contributed by atoms with Gasteiger partial charge in [-0.2, -0.15) is 4.31 Å². The molecule has 0 bridgehead atoms. The lowest BCUT2D eigenvalue weighted by Gasteiger charge is -2.33. The van der Waals surface area contributed by atoms with Crippen molar-refractivity contribution >= 4 is 21.6 Å². The summed E-state index contributed by atoms with van der Waals surface area (Å²) in [7, 11) is -3.65. The summed E-state index contributed by atoms with van der Waals surface area (Å²) >= 11 is 0. The fourth-order valence-electron chi connectivity index (χ4n) is 3.33. The maximum atomic E-state index is 13.0. The van der Waals surface area contributed by atoms with Gasteiger partial charge in [0.1, 0.15) is 5.82 Å². The Morgan fingerprint density at radius 2 is 1.57 bits per heavy atom. The van der Waals surface area contributed by atoms with E-state index < -0.39 is 15.8 Å². The highest BCUT2D eigenvalue weighted by atomic mass is 32.2. The number of nitrogens with one attached hydrogen (secondary N) is 1. The molecular formula is C20H24FN3O3S. The van der Waals surface area contributed by atoms with Gasteiger partial charge in [-0.25, -0.2) is 12.8 Å². The number of carbonyl (C=O) groups is 1. The lowest BCUT2D eigenvalue weighted by molar-refractivity contribution is -0.117. The van der Waals surface area contributed by atoms with Crippen molar-refractivity contribution in [3.8, 4) is 0 Å². The van der Waals surface area contributed by atoms with Crippen molar-refractivity contribution in [1.82, 2.24) is 9.21 Å². The molecule has 0 aliphatic carbocycles. The van der Waals surface area contributed by atoms with E-state index in [9.17, 15) is 17.6 Å². The molecule has 0 aromatic heterocycles. The van der Waals surface area contributed by atoms with E-state index >= 15 is 0 Å². The molecule has 0 radical (unpaired) electrons. The van der Waals surface area contributed by atoms with Crippen LogP contribution < -0.4 is 5.32 Å². The van der Waals surface area contributed by atoms with Crippen LogP contribution in [-0.2, 0) is 14.8 Å². The molecule has 0 saturated carbocycles. The van der Waals surface area contributed by atoms with Gasteiger partial charge >= 0.3 is 0 Å². The first-order valence-corrected chi connectivity index (χ1v) is 10.5. The summed E-state index contributed by atoms with van der Waals surface area (Å²) in [5, 5.41) is 2.90. The Bertz CT molecular complexity index is 933. The highest BCUT2D eigenvalue weighted by Crippen LogP contribution is 2.18. The molecule has 3 rings (SSSR count). The number of nitrogens with zero attached hydrogens (tertiary/aromatic N) is 2. The summed E-state index contributed by atoms with van der Waals surface area (Å²) in [4.78, 5) is 14.3. The smallest absolute Gasteiger partial charge is 0.243 e. The monoisotopic (exact) mass is 405 g/mol. The lowest BCUT2D eigenvalue weighted by atomic mass is 10.1. The Morgan fingerprint density at radius 3 is 2.14 bits per heavy atom. The van der Waals surface area contributed by atoms with Gasteiger partial charge in [-0.1, -0.05) is 6.07 Å². The van der Waals surface area contributed by atoms with Crippen LogP contribution in [0.4, 0.5) is 10.1 Å². The largest absolute Gasteiger partial charge is 0.325 e. The topological polar surface area (TPSA) is 69.7 Å². The highest BCUT2D eigenvalue weighted by molar-refractivity contribution is 7.89. The van der Waals surface area contributed by atoms with E-state index in [1.165, 1.54) is 16.4 Å². The predicted octanol–water partition coefficient (Wildman–Crippen LogP) is 2.39. The van der Waals surface area contributed by atoms with Crippen molar-refractivity contribution in [2.75, 3.05) is 38.0 Å². The van der Waals surface area contributed by atoms with Gasteiger partial charge in [0.25, 0.3) is 0 Å². The number of rotatable bonds is 5. The van der Waals surface area contributed by atoms with E-state index in [-0.39, 0.29) is 30.4 Å². The van der Waals surface area contributed by atoms with Crippen LogP contribution in [0.1, 0.15) is 11.1 Å². The first-order chi connectivity index (χ1) is 13.2. The third-order valence-corrected chi connectivity index (χ3v) is 6.57. The molecule has 1 aliphatic heterocycles. The summed E-state index contributed by atoms with van der Waals surface area (Å²) < 4.78 is 39.7. The molecule has 6 nitrogen and oxygen atoms in total. The Balaban J connectivity index is 1.55. The maximum Gasteiger partial charge on any atom is 0.243 e. The number of amides is 1. The van der Waals surface area contributed by atoms with E-state index in [1.807, 2.05) is 36.9 Å². The molecule has 0 unspecified atom stereocenters. The zero-order valence-corrected chi connectivity index (χ0v) is 16.8. The van der Waals surface area contributed by atoms with E-state index in [0.717, 1.165) is 28.9 Å². The van der Waals surface area contributed by atoms with Gasteiger partial charge in [-0.15, -0.1) is 0 Å². The van der Waals surface area contributed by atoms with Crippen LogP contribution in [-0.4, -0.2) is 56.3 Å². The van der Waals surface area contributed by atoms with Crippen molar-refractivity contribution in [2.24, 2.45) is 0 Å². The highest BCUT2D eigenvalue weighted by Gasteiger charge is 2.29. The normalized spacial score (nSPS) is 16.1. The van der Waals surface area contributed by atoms with Crippen molar-refractivity contribution in [3.05, 3.63) is 59.4 Å². The van der Waals surface area contributed by atoms with E-state index in [2.05, 4.69) is 5.32 Å². The van der Waals surface area contributed by atoms with E-state index in [4.69, 9.17) is 0 Å². The fourth-order valence-corrected chi connectivity index (χ4v) is 4.76. The van der Waals surface area contributed by atoms with Crippen LogP contribution in [0.2, 0.25) is 0 Å². The Morgan fingerprint density at radius 1 is 1.00 bits per heavy atom. The molecule has 1 saturated heterocycles. The molecule has 2 aromatic carbocycles. The zero-order valence-electron chi connectivity index (χ0n) is 16.0. The van der Waals surface area contributed by atoms with Crippen LogP contribution in [0.5, 0.6) is 0 Å². The van der Waals surface area contributed by atoms with Crippen molar-refractivity contribution in [1.29, 1.82) is 0 Å². The van der Waals surface area contributed by atoms with Crippen molar-refractivity contribution in [3.63, 3.8) is 0 Å². The first kappa shape index (κ1) is 20.4. The molecule has 1 N–H and O–H groups in total. The summed E-state index contributed by atoms with van der Waals surface area (Å²) in [5.41, 5.74) is 2.92. The van der Waals surface area contributed by atoms with E-state index in [0.29, 0.717) is 13.1 Å². The Labute approximate surface area is 165 Å². The van der Waals surface area contributed by atoms with E-state index in [1.54, 1.807) is 0 Å². The number of hydrogen-bond acceptors (Lipinski definition) is 4. The van der Waals surface area contributed by atoms with Gasteiger partial charge in [0.2, 0.25) is 15.9 Å². The number of sulfonamides is 1. The van der Waals surface area contributed by atoms with Crippen molar-refractivity contribution < 1.29 is 17.6 Å². The number of benzene rings is 2. The van der Waals surface area contributed by atoms with Crippen LogP contribution in [0.3, 0.4) is 0 Å². The van der Waals surface area contributed by atoms with Gasteiger partial charge in [0, 0.05) is 31.9 Å². The van der Waals surface area contributed by atoms with Gasteiger partial charge in [0.05, 0.1) is 11.4 Å². The number of aryl methyl sites for hydroxylation is 2. The zero-order chi connectivity index (χ0) is 20.3. The minimum atomic E-state index is -3.65. The molecule has 1 amide bonds. The second kappa shape index (κ2) is 8.38. The molecule has 8 heteroatoms. The van der Waals surface area contributed by atoms with Gasteiger partial charge in [0.15, 0.2) is 0 Å².